The molecule has 10 nitrogen and oxygen atoms in total. The molecule has 7 N–H and O–H groups in total. The smallest absolute Gasteiger partial charge is 0.251 e. The summed E-state index contributed by atoms with van der Waals surface area (Å²) >= 11 is 6.77. The maximum Gasteiger partial charge on any atom is 0.251 e. The lowest BCUT2D eigenvalue weighted by atomic mass is 9.75. The normalized spacial score (nSPS) is 23.4. The summed E-state index contributed by atoms with van der Waals surface area (Å²) in [5.74, 6) is 7.29. The predicted octanol–water partition coefficient (Wildman–Crippen LogP) is 5.55. The summed E-state index contributed by atoms with van der Waals surface area (Å²) in [6.45, 7) is 5.06. The average Bonchev–Trinajstić information content (AvgIpc) is 3.90. The van der Waals surface area contributed by atoms with Gasteiger partial charge in [0.2, 0.25) is 5.91 Å². The van der Waals surface area contributed by atoms with E-state index >= 15 is 0 Å². The Balaban J connectivity index is 1.26. The van der Waals surface area contributed by atoms with Gasteiger partial charge in [-0.05, 0) is 97.2 Å². The van der Waals surface area contributed by atoms with Gasteiger partial charge in [-0.3, -0.25) is 14.9 Å². The number of ether oxygens (including phenoxy) is 1. The van der Waals surface area contributed by atoms with Crippen molar-refractivity contribution in [2.45, 2.75) is 76.7 Å². The van der Waals surface area contributed by atoms with Crippen molar-refractivity contribution in [2.24, 2.45) is 34.4 Å². The molecule has 3 fully saturated rings. The number of nitrogens with zero attached hydrogens (tertiary/aromatic N) is 2. The molecule has 1 spiro atoms. The lowest BCUT2D eigenvalue weighted by Crippen LogP contribution is -2.56. The molecule has 0 aromatic heterocycles. The van der Waals surface area contributed by atoms with Gasteiger partial charge < -0.3 is 20.7 Å². The van der Waals surface area contributed by atoms with E-state index in [0.717, 1.165) is 55.2 Å². The van der Waals surface area contributed by atoms with Gasteiger partial charge in [-0.1, -0.05) is 74.0 Å². The van der Waals surface area contributed by atoms with Crippen molar-refractivity contribution >= 4 is 29.3 Å². The van der Waals surface area contributed by atoms with Gasteiger partial charge in [-0.25, -0.2) is 11.4 Å². The molecule has 3 aliphatic rings. The number of carbonyl (C=O) groups excluding carboxylic acids is 2. The first-order chi connectivity index (χ1) is 23.2. The van der Waals surface area contributed by atoms with Crippen LogP contribution in [0.5, 0.6) is 5.75 Å². The third kappa shape index (κ3) is 7.31. The first-order valence-electron chi connectivity index (χ1n) is 16.9. The van der Waals surface area contributed by atoms with Crippen LogP contribution in [0.15, 0.2) is 77.9 Å². The van der Waals surface area contributed by atoms with Gasteiger partial charge in [0.05, 0.1) is 23.3 Å². The summed E-state index contributed by atoms with van der Waals surface area (Å²) in [6.07, 6.45) is 5.98. The number of carbonyl (C=O) groups is 2. The van der Waals surface area contributed by atoms with E-state index in [9.17, 15) is 9.59 Å². The summed E-state index contributed by atoms with van der Waals surface area (Å²) in [5, 5.41) is 10.8. The molecular formula is C37H46ClN7O3. The third-order valence-electron chi connectivity index (χ3n) is 10.2. The highest BCUT2D eigenvalue weighted by molar-refractivity contribution is 6.32. The van der Waals surface area contributed by atoms with Crippen molar-refractivity contribution in [1.29, 1.82) is 0 Å². The van der Waals surface area contributed by atoms with Crippen molar-refractivity contribution in [3.05, 3.63) is 100 Å². The molecule has 0 radical (unpaired) electrons. The summed E-state index contributed by atoms with van der Waals surface area (Å²) in [5.41, 5.74) is 10.8. The lowest BCUT2D eigenvalue weighted by Gasteiger charge is -2.47. The van der Waals surface area contributed by atoms with Crippen molar-refractivity contribution < 1.29 is 14.3 Å². The second-order valence-corrected chi connectivity index (χ2v) is 14.1. The molecule has 1 saturated heterocycles. The zero-order chi connectivity index (χ0) is 33.8. The SMILES string of the molecule is CC(C)C1CCC2(CC1)NC(c1ccc(OCc3ccccc3)c(Cl)c1)C(=O)N2[C@@H](c1ccc(C(=O)NC/C(N)=N/NN)cc1)C1CC1. The number of nitrogens with two attached hydrogens (primary N) is 2. The Bertz CT molecular complexity index is 1620. The summed E-state index contributed by atoms with van der Waals surface area (Å²) in [4.78, 5) is 29.7. The van der Waals surface area contributed by atoms with E-state index < -0.39 is 11.7 Å². The molecule has 2 atom stereocenters. The van der Waals surface area contributed by atoms with Gasteiger partial charge in [-0.15, -0.1) is 0 Å². The number of rotatable bonds is 12. The molecule has 1 aliphatic heterocycles. The minimum absolute atomic E-state index is 0.0639. The molecule has 3 aromatic carbocycles. The predicted molar refractivity (Wildman–Crippen MR) is 188 cm³/mol. The standard InChI is InChI=1S/C37H46ClN7O3/c1-23(2)25-16-18-37(19-17-25)42-33(29-14-15-31(30(38)20-29)48-22-24-6-4-3-5-7-24)36(47)45(37)34(26-8-9-26)27-10-12-28(13-11-27)35(46)41-21-32(39)43-44-40/h3-7,10-15,20,23,25-26,33-34,42,44H,8-9,16-19,21-22,40H2,1-2H3,(H2,39,43)(H,41,46)/t25?,33?,34-,37?/m1/s1. The van der Waals surface area contributed by atoms with E-state index in [2.05, 4.69) is 40.0 Å². The molecule has 254 valence electrons. The van der Waals surface area contributed by atoms with E-state index in [0.29, 0.717) is 40.7 Å². The number of hydrazone groups is 1. The van der Waals surface area contributed by atoms with Crippen LogP contribution in [0.1, 0.15) is 91.5 Å². The van der Waals surface area contributed by atoms with Crippen LogP contribution in [0.2, 0.25) is 5.02 Å². The van der Waals surface area contributed by atoms with Crippen LogP contribution in [0.4, 0.5) is 0 Å². The fourth-order valence-corrected chi connectivity index (χ4v) is 7.61. The van der Waals surface area contributed by atoms with Gasteiger partial charge in [0.25, 0.3) is 5.91 Å². The van der Waals surface area contributed by atoms with Crippen molar-refractivity contribution in [2.75, 3.05) is 6.54 Å². The monoisotopic (exact) mass is 671 g/mol. The Labute approximate surface area is 287 Å². The highest BCUT2D eigenvalue weighted by Crippen LogP contribution is 2.53. The van der Waals surface area contributed by atoms with E-state index in [1.807, 2.05) is 72.8 Å². The molecule has 2 aliphatic carbocycles. The maximum absolute atomic E-state index is 14.7. The average molecular weight is 672 g/mol. The maximum atomic E-state index is 14.7. The van der Waals surface area contributed by atoms with E-state index in [4.69, 9.17) is 27.9 Å². The van der Waals surface area contributed by atoms with Crippen LogP contribution in [0, 0.1) is 17.8 Å². The molecule has 3 aromatic rings. The van der Waals surface area contributed by atoms with Crippen LogP contribution in [0.25, 0.3) is 0 Å². The lowest BCUT2D eigenvalue weighted by molar-refractivity contribution is -0.137. The molecule has 2 amide bonds. The van der Waals surface area contributed by atoms with Crippen LogP contribution in [-0.4, -0.2) is 34.8 Å². The number of nitrogens with one attached hydrogen (secondary N) is 3. The number of amidine groups is 1. The minimum Gasteiger partial charge on any atom is -0.487 e. The molecule has 2 saturated carbocycles. The van der Waals surface area contributed by atoms with Crippen molar-refractivity contribution in [3.63, 3.8) is 0 Å². The summed E-state index contributed by atoms with van der Waals surface area (Å²) in [7, 11) is 0. The Morgan fingerprint density at radius 2 is 1.75 bits per heavy atom. The molecule has 11 heteroatoms. The second-order valence-electron chi connectivity index (χ2n) is 13.7. The fraction of sp³-hybridized carbons (Fsp3) is 0.432. The first-order valence-corrected chi connectivity index (χ1v) is 17.3. The Kier molecular flexibility index (Phi) is 10.2. The number of amides is 2. The van der Waals surface area contributed by atoms with Gasteiger partial charge in [0, 0.05) is 5.56 Å². The molecule has 48 heavy (non-hydrogen) atoms. The van der Waals surface area contributed by atoms with Gasteiger partial charge in [0.15, 0.2) is 0 Å². The highest BCUT2D eigenvalue weighted by Gasteiger charge is 2.57. The Morgan fingerprint density at radius 1 is 1.04 bits per heavy atom. The molecule has 0 bridgehead atoms. The van der Waals surface area contributed by atoms with Gasteiger partial charge in [0.1, 0.15) is 24.2 Å². The highest BCUT2D eigenvalue weighted by atomic mass is 35.5. The number of hydrogen-bond donors (Lipinski definition) is 5. The third-order valence-corrected chi connectivity index (χ3v) is 10.5. The topological polar surface area (TPSA) is 147 Å². The fourth-order valence-electron chi connectivity index (χ4n) is 7.37. The van der Waals surface area contributed by atoms with Crippen molar-refractivity contribution in [3.8, 4) is 5.75 Å². The quantitative estimate of drug-likeness (QED) is 0.0734. The molecule has 6 rings (SSSR count). The summed E-state index contributed by atoms with van der Waals surface area (Å²) in [6, 6.07) is 22.6. The number of benzene rings is 3. The van der Waals surface area contributed by atoms with Gasteiger partial charge >= 0.3 is 0 Å². The van der Waals surface area contributed by atoms with E-state index in [1.165, 1.54) is 0 Å². The van der Waals surface area contributed by atoms with E-state index in [1.54, 1.807) is 0 Å². The zero-order valence-corrected chi connectivity index (χ0v) is 28.4. The van der Waals surface area contributed by atoms with Crippen LogP contribution >= 0.6 is 11.6 Å². The second kappa shape index (κ2) is 14.6. The largest absolute Gasteiger partial charge is 0.487 e. The Hall–Kier alpha value is -4.12. The number of hydrazine groups is 1. The van der Waals surface area contributed by atoms with E-state index in [-0.39, 0.29) is 30.2 Å². The Morgan fingerprint density at radius 3 is 2.38 bits per heavy atom. The van der Waals surface area contributed by atoms with Crippen LogP contribution in [0.3, 0.4) is 0 Å². The molecule has 1 heterocycles. The zero-order valence-electron chi connectivity index (χ0n) is 27.6. The van der Waals surface area contributed by atoms with Crippen LogP contribution in [-0.2, 0) is 11.4 Å². The molecule has 1 unspecified atom stereocenters. The molecular weight excluding hydrogens is 626 g/mol. The number of halogens is 1. The minimum atomic E-state index is -0.525. The van der Waals surface area contributed by atoms with Crippen molar-refractivity contribution in [1.82, 2.24) is 21.1 Å². The summed E-state index contributed by atoms with van der Waals surface area (Å²) < 4.78 is 6.04. The number of hydrogen-bond acceptors (Lipinski definition) is 7. The first kappa shape index (κ1) is 33.8. The van der Waals surface area contributed by atoms with Gasteiger partial charge in [-0.2, -0.15) is 5.10 Å². The van der Waals surface area contributed by atoms with Crippen LogP contribution < -0.4 is 32.5 Å².